The van der Waals surface area contributed by atoms with Gasteiger partial charge in [-0.15, -0.1) is 0 Å². The molecule has 0 unspecified atom stereocenters. The summed E-state index contributed by atoms with van der Waals surface area (Å²) in [5.41, 5.74) is 7.09. The van der Waals surface area contributed by atoms with Gasteiger partial charge in [-0.3, -0.25) is 14.2 Å². The van der Waals surface area contributed by atoms with Crippen LogP contribution >= 0.6 is 0 Å². The molecule has 0 saturated heterocycles. The highest BCUT2D eigenvalue weighted by molar-refractivity contribution is 6.17. The zero-order valence-electron chi connectivity index (χ0n) is 18.0. The Morgan fingerprint density at radius 3 is 2.62 bits per heavy atom. The van der Waals surface area contributed by atoms with E-state index in [1.54, 1.807) is 12.3 Å². The number of primary amides is 1. The molecule has 0 bridgehead atoms. The van der Waals surface area contributed by atoms with Crippen LogP contribution in [0.1, 0.15) is 26.3 Å². The van der Waals surface area contributed by atoms with Crippen molar-refractivity contribution >= 4 is 33.8 Å². The van der Waals surface area contributed by atoms with Crippen molar-refractivity contribution in [1.82, 2.24) is 19.5 Å². The molecule has 3 N–H and O–H groups in total. The maximum atomic E-state index is 14.8. The van der Waals surface area contributed by atoms with Crippen molar-refractivity contribution in [1.29, 1.82) is 0 Å². The summed E-state index contributed by atoms with van der Waals surface area (Å²) in [6.07, 6.45) is 2.94. The van der Waals surface area contributed by atoms with Gasteiger partial charge in [0, 0.05) is 36.0 Å². The summed E-state index contributed by atoms with van der Waals surface area (Å²) in [5.74, 6) is -4.43. The normalized spacial score (nSPS) is 11.3. The van der Waals surface area contributed by atoms with E-state index in [2.05, 4.69) is 15.0 Å². The molecule has 0 saturated carbocycles. The number of aryl methyl sites for hydroxylation is 1. The standard InChI is InChI=1S/C24H17F2N5O3/c1-31-18-6-3-11(8-17(18)30-24(31)34-2)12-7-14-15(10-29-23(14)28-9-12)21(32)19-16(25)5-4-13(20(19)26)22(27)33/h3-10H,1-2H3,(H2,27,33)(H,28,29). The van der Waals surface area contributed by atoms with Crippen molar-refractivity contribution in [3.05, 3.63) is 77.1 Å². The van der Waals surface area contributed by atoms with Crippen LogP contribution in [0.15, 0.2) is 48.8 Å². The van der Waals surface area contributed by atoms with Crippen molar-refractivity contribution in [2.45, 2.75) is 0 Å². The zero-order chi connectivity index (χ0) is 24.1. The molecule has 5 rings (SSSR count). The average molecular weight is 461 g/mol. The molecule has 2 aromatic carbocycles. The molecule has 0 atom stereocenters. The summed E-state index contributed by atoms with van der Waals surface area (Å²) in [7, 11) is 3.37. The topological polar surface area (TPSA) is 116 Å². The molecule has 170 valence electrons. The second-order valence-electron chi connectivity index (χ2n) is 7.66. The first-order valence-electron chi connectivity index (χ1n) is 10.1. The number of fused-ring (bicyclic) bond motifs is 2. The van der Waals surface area contributed by atoms with Gasteiger partial charge in [-0.05, 0) is 35.9 Å². The Bertz CT molecular complexity index is 1640. The number of H-pyrrole nitrogens is 1. The van der Waals surface area contributed by atoms with E-state index in [1.165, 1.54) is 13.3 Å². The highest BCUT2D eigenvalue weighted by atomic mass is 19.1. The van der Waals surface area contributed by atoms with E-state index >= 15 is 0 Å². The number of carbonyl (C=O) groups excluding carboxylic acids is 2. The minimum absolute atomic E-state index is 0.00403. The van der Waals surface area contributed by atoms with E-state index in [-0.39, 0.29) is 5.56 Å². The van der Waals surface area contributed by atoms with Crippen LogP contribution in [-0.2, 0) is 7.05 Å². The van der Waals surface area contributed by atoms with Gasteiger partial charge in [0.1, 0.15) is 17.3 Å². The van der Waals surface area contributed by atoms with Crippen molar-refractivity contribution in [3.8, 4) is 17.1 Å². The second kappa shape index (κ2) is 7.77. The van der Waals surface area contributed by atoms with Gasteiger partial charge in [0.05, 0.1) is 29.3 Å². The Hall–Kier alpha value is -4.60. The van der Waals surface area contributed by atoms with Gasteiger partial charge in [0.25, 0.3) is 11.9 Å². The SMILES string of the molecule is COc1nc2cc(-c3cnc4[nH]cc(C(=O)c5c(F)ccc(C(N)=O)c5F)c4c3)ccc2n1C. The monoisotopic (exact) mass is 461 g/mol. The van der Waals surface area contributed by atoms with Gasteiger partial charge >= 0.3 is 0 Å². The maximum Gasteiger partial charge on any atom is 0.296 e. The highest BCUT2D eigenvalue weighted by Crippen LogP contribution is 2.30. The van der Waals surface area contributed by atoms with Crippen LogP contribution in [0.5, 0.6) is 6.01 Å². The third kappa shape index (κ3) is 3.19. The van der Waals surface area contributed by atoms with Gasteiger partial charge in [-0.2, -0.15) is 4.98 Å². The number of hydrogen-bond acceptors (Lipinski definition) is 5. The second-order valence-corrected chi connectivity index (χ2v) is 7.66. The molecule has 5 aromatic rings. The van der Waals surface area contributed by atoms with Crippen molar-refractivity contribution < 1.29 is 23.1 Å². The Balaban J connectivity index is 1.62. The number of imidazole rings is 1. The Morgan fingerprint density at radius 2 is 1.88 bits per heavy atom. The fourth-order valence-electron chi connectivity index (χ4n) is 3.97. The first kappa shape index (κ1) is 21.3. The molecule has 0 radical (unpaired) electrons. The fraction of sp³-hybridized carbons (Fsp3) is 0.0833. The zero-order valence-corrected chi connectivity index (χ0v) is 18.0. The molecular formula is C24H17F2N5O3. The highest BCUT2D eigenvalue weighted by Gasteiger charge is 2.26. The largest absolute Gasteiger partial charge is 0.468 e. The minimum Gasteiger partial charge on any atom is -0.468 e. The number of aromatic nitrogens is 4. The number of methoxy groups -OCH3 is 1. The number of rotatable bonds is 5. The summed E-state index contributed by atoms with van der Waals surface area (Å²) >= 11 is 0. The molecule has 0 aliphatic carbocycles. The van der Waals surface area contributed by atoms with E-state index in [9.17, 15) is 18.4 Å². The summed E-state index contributed by atoms with van der Waals surface area (Å²) in [4.78, 5) is 36.2. The number of ether oxygens (including phenoxy) is 1. The van der Waals surface area contributed by atoms with Gasteiger partial charge in [0.2, 0.25) is 5.78 Å². The average Bonchev–Trinajstić information content (AvgIpc) is 3.38. The van der Waals surface area contributed by atoms with Crippen LogP contribution in [0.3, 0.4) is 0 Å². The fourth-order valence-corrected chi connectivity index (χ4v) is 3.97. The Morgan fingerprint density at radius 1 is 1.09 bits per heavy atom. The summed E-state index contributed by atoms with van der Waals surface area (Å²) in [6, 6.07) is 9.50. The molecule has 0 fully saturated rings. The molecule has 3 aromatic heterocycles. The molecule has 8 nitrogen and oxygen atoms in total. The Labute approximate surface area is 191 Å². The van der Waals surface area contributed by atoms with Gasteiger partial charge in [-0.25, -0.2) is 13.8 Å². The maximum absolute atomic E-state index is 14.8. The molecule has 1 amide bonds. The number of benzene rings is 2. The lowest BCUT2D eigenvalue weighted by Crippen LogP contribution is -2.17. The predicted molar refractivity (Wildman–Crippen MR) is 121 cm³/mol. The van der Waals surface area contributed by atoms with Gasteiger partial charge in [-0.1, -0.05) is 6.07 Å². The molecule has 3 heterocycles. The number of amides is 1. The minimum atomic E-state index is -1.30. The Kier molecular flexibility index (Phi) is 4.85. The van der Waals surface area contributed by atoms with Crippen molar-refractivity contribution in [2.75, 3.05) is 7.11 Å². The van der Waals surface area contributed by atoms with Crippen LogP contribution < -0.4 is 10.5 Å². The molecule has 10 heteroatoms. The van der Waals surface area contributed by atoms with Crippen molar-refractivity contribution in [3.63, 3.8) is 0 Å². The van der Waals surface area contributed by atoms with Crippen LogP contribution in [0.2, 0.25) is 0 Å². The van der Waals surface area contributed by atoms with Crippen LogP contribution in [-0.4, -0.2) is 38.3 Å². The number of pyridine rings is 1. The number of nitrogens with two attached hydrogens (primary N) is 1. The lowest BCUT2D eigenvalue weighted by atomic mass is 9.98. The van der Waals surface area contributed by atoms with E-state index in [4.69, 9.17) is 10.5 Å². The van der Waals surface area contributed by atoms with Crippen LogP contribution in [0, 0.1) is 11.6 Å². The van der Waals surface area contributed by atoms with Crippen LogP contribution in [0.4, 0.5) is 8.78 Å². The molecule has 34 heavy (non-hydrogen) atoms. The van der Waals surface area contributed by atoms with E-state index in [1.807, 2.05) is 29.8 Å². The van der Waals surface area contributed by atoms with Crippen molar-refractivity contribution in [2.24, 2.45) is 12.8 Å². The van der Waals surface area contributed by atoms with E-state index in [0.717, 1.165) is 23.2 Å². The number of carbonyl (C=O) groups is 2. The number of nitrogens with one attached hydrogen (secondary N) is 1. The number of nitrogens with zero attached hydrogens (tertiary/aromatic N) is 3. The number of halogens is 2. The molecular weight excluding hydrogens is 444 g/mol. The third-order valence-electron chi connectivity index (χ3n) is 5.72. The number of ketones is 1. The summed E-state index contributed by atoms with van der Waals surface area (Å²) in [6.45, 7) is 0. The predicted octanol–water partition coefficient (Wildman–Crippen LogP) is 3.73. The lowest BCUT2D eigenvalue weighted by Gasteiger charge is -2.07. The van der Waals surface area contributed by atoms with E-state index < -0.39 is 34.5 Å². The summed E-state index contributed by atoms with van der Waals surface area (Å²) in [5, 5.41) is 0.365. The first-order chi connectivity index (χ1) is 16.3. The quantitative estimate of drug-likeness (QED) is 0.387. The lowest BCUT2D eigenvalue weighted by molar-refractivity contribution is 0.0996. The molecule has 0 aliphatic rings. The van der Waals surface area contributed by atoms with Crippen LogP contribution in [0.25, 0.3) is 33.2 Å². The smallest absolute Gasteiger partial charge is 0.296 e. The van der Waals surface area contributed by atoms with Gasteiger partial charge < -0.3 is 15.5 Å². The first-order valence-corrected chi connectivity index (χ1v) is 10.1. The summed E-state index contributed by atoms with van der Waals surface area (Å²) < 4.78 is 36.3. The number of hydrogen-bond donors (Lipinski definition) is 2. The van der Waals surface area contributed by atoms with E-state index in [0.29, 0.717) is 28.1 Å². The molecule has 0 aliphatic heterocycles. The molecule has 0 spiro atoms. The number of aromatic amines is 1. The van der Waals surface area contributed by atoms with Gasteiger partial charge in [0.15, 0.2) is 0 Å². The third-order valence-corrected chi connectivity index (χ3v) is 5.72.